The molecule has 2 N–H and O–H groups in total. The number of hydrogen-bond donors (Lipinski definition) is 2. The van der Waals surface area contributed by atoms with E-state index in [1.54, 1.807) is 42.5 Å². The van der Waals surface area contributed by atoms with Crippen molar-refractivity contribution in [1.82, 2.24) is 0 Å². The Morgan fingerprint density at radius 3 is 2.23 bits per heavy atom. The normalized spacial score (nSPS) is 10.9. The van der Waals surface area contributed by atoms with E-state index in [1.165, 1.54) is 14.0 Å². The third-order valence-electron chi connectivity index (χ3n) is 3.41. The number of rotatable bonds is 6. The first kappa shape index (κ1) is 19.5. The zero-order valence-corrected chi connectivity index (χ0v) is 15.5. The third kappa shape index (κ3) is 5.59. The third-order valence-corrected chi connectivity index (χ3v) is 4.27. The monoisotopic (exact) mass is 376 g/mol. The molecular weight excluding hydrogens is 356 g/mol. The first-order chi connectivity index (χ1) is 12.2. The summed E-state index contributed by atoms with van der Waals surface area (Å²) in [5.41, 5.74) is 1.91. The van der Waals surface area contributed by atoms with Crippen LogP contribution in [0.15, 0.2) is 42.5 Å². The average molecular weight is 376 g/mol. The molecule has 0 saturated carbocycles. The summed E-state index contributed by atoms with van der Waals surface area (Å²) in [7, 11) is -1.66. The van der Waals surface area contributed by atoms with Crippen molar-refractivity contribution < 1.29 is 22.7 Å². The summed E-state index contributed by atoms with van der Waals surface area (Å²) in [5.74, 6) is -0.245. The Morgan fingerprint density at radius 1 is 1.04 bits per heavy atom. The van der Waals surface area contributed by atoms with Crippen molar-refractivity contribution in [3.05, 3.63) is 53.6 Å². The number of anilines is 2. The quantitative estimate of drug-likeness (QED) is 0.806. The van der Waals surface area contributed by atoms with Crippen LogP contribution in [0.25, 0.3) is 0 Å². The Balaban J connectivity index is 2.19. The fraction of sp³-hybridized carbons (Fsp3) is 0.222. The number of hydrogen-bond acceptors (Lipinski definition) is 5. The molecule has 2 rings (SSSR count). The van der Waals surface area contributed by atoms with Crippen LogP contribution in [-0.4, -0.2) is 33.6 Å². The lowest BCUT2D eigenvalue weighted by Crippen LogP contribution is -2.13. The van der Waals surface area contributed by atoms with E-state index in [0.29, 0.717) is 28.3 Å². The van der Waals surface area contributed by atoms with Crippen LogP contribution in [0, 0.1) is 0 Å². The standard InChI is InChI=1S/C18H20N2O5S/c1-12(21)19-15-8-9-17(25-2)16(10-15)20-18(22)14-6-4-13(5-7-14)11-26(3,23)24/h4-10H,11H2,1-3H3,(H,19,21)(H,20,22). The number of nitrogens with one attached hydrogen (secondary N) is 2. The van der Waals surface area contributed by atoms with Gasteiger partial charge in [-0.1, -0.05) is 12.1 Å². The molecule has 0 aliphatic heterocycles. The number of carbonyl (C=O) groups excluding carboxylic acids is 2. The number of ether oxygens (including phenoxy) is 1. The van der Waals surface area contributed by atoms with Crippen LogP contribution in [-0.2, 0) is 20.4 Å². The SMILES string of the molecule is COc1ccc(NC(C)=O)cc1NC(=O)c1ccc(CS(C)(=O)=O)cc1. The summed E-state index contributed by atoms with van der Waals surface area (Å²) >= 11 is 0. The number of amides is 2. The highest BCUT2D eigenvalue weighted by molar-refractivity contribution is 7.89. The van der Waals surface area contributed by atoms with Gasteiger partial charge in [-0.2, -0.15) is 0 Å². The van der Waals surface area contributed by atoms with E-state index < -0.39 is 9.84 Å². The minimum absolute atomic E-state index is 0.0819. The summed E-state index contributed by atoms with van der Waals surface area (Å²) < 4.78 is 27.9. The number of carbonyl (C=O) groups is 2. The molecule has 0 bridgehead atoms. The molecule has 7 nitrogen and oxygen atoms in total. The van der Waals surface area contributed by atoms with Gasteiger partial charge in [0.25, 0.3) is 5.91 Å². The second-order valence-electron chi connectivity index (χ2n) is 5.82. The molecule has 8 heteroatoms. The van der Waals surface area contributed by atoms with E-state index in [2.05, 4.69) is 10.6 Å². The fourth-order valence-corrected chi connectivity index (χ4v) is 3.13. The van der Waals surface area contributed by atoms with Gasteiger partial charge in [0.2, 0.25) is 5.91 Å². The Bertz CT molecular complexity index is 921. The molecule has 2 aromatic rings. The lowest BCUT2D eigenvalue weighted by Gasteiger charge is -2.12. The van der Waals surface area contributed by atoms with Gasteiger partial charge in [0, 0.05) is 24.4 Å². The highest BCUT2D eigenvalue weighted by atomic mass is 32.2. The Morgan fingerprint density at radius 2 is 1.69 bits per heavy atom. The maximum Gasteiger partial charge on any atom is 0.255 e. The van der Waals surface area contributed by atoms with Crippen molar-refractivity contribution in [2.45, 2.75) is 12.7 Å². The van der Waals surface area contributed by atoms with E-state index >= 15 is 0 Å². The summed E-state index contributed by atoms with van der Waals surface area (Å²) in [5, 5.41) is 5.36. The molecule has 0 aliphatic rings. The van der Waals surface area contributed by atoms with Crippen LogP contribution in [0.4, 0.5) is 11.4 Å². The second-order valence-corrected chi connectivity index (χ2v) is 7.96. The van der Waals surface area contributed by atoms with E-state index in [4.69, 9.17) is 4.74 Å². The van der Waals surface area contributed by atoms with E-state index in [-0.39, 0.29) is 17.6 Å². The van der Waals surface area contributed by atoms with Gasteiger partial charge >= 0.3 is 0 Å². The zero-order chi connectivity index (χ0) is 19.3. The maximum atomic E-state index is 12.4. The molecule has 0 aromatic heterocycles. The van der Waals surface area contributed by atoms with Gasteiger partial charge in [-0.3, -0.25) is 9.59 Å². The van der Waals surface area contributed by atoms with Gasteiger partial charge in [0.1, 0.15) is 5.75 Å². The minimum atomic E-state index is -3.13. The molecule has 0 unspecified atom stereocenters. The van der Waals surface area contributed by atoms with Crippen molar-refractivity contribution in [2.75, 3.05) is 24.0 Å². The smallest absolute Gasteiger partial charge is 0.255 e. The second kappa shape index (κ2) is 8.01. The van der Waals surface area contributed by atoms with Crippen LogP contribution < -0.4 is 15.4 Å². The first-order valence-electron chi connectivity index (χ1n) is 7.71. The van der Waals surface area contributed by atoms with E-state index in [0.717, 1.165) is 6.26 Å². The summed E-state index contributed by atoms with van der Waals surface area (Å²) in [6.07, 6.45) is 1.15. The lowest BCUT2D eigenvalue weighted by atomic mass is 10.1. The number of sulfone groups is 1. The van der Waals surface area contributed by atoms with Crippen LogP contribution in [0.1, 0.15) is 22.8 Å². The molecule has 138 valence electrons. The molecule has 26 heavy (non-hydrogen) atoms. The zero-order valence-electron chi connectivity index (χ0n) is 14.7. The summed E-state index contributed by atoms with van der Waals surface area (Å²) in [6, 6.07) is 11.2. The topological polar surface area (TPSA) is 102 Å². The first-order valence-corrected chi connectivity index (χ1v) is 9.77. The highest BCUT2D eigenvalue weighted by Crippen LogP contribution is 2.28. The van der Waals surface area contributed by atoms with Crippen molar-refractivity contribution in [1.29, 1.82) is 0 Å². The maximum absolute atomic E-state index is 12.4. The van der Waals surface area contributed by atoms with Gasteiger partial charge in [-0.25, -0.2) is 8.42 Å². The molecule has 0 radical (unpaired) electrons. The average Bonchev–Trinajstić information content (AvgIpc) is 2.53. The summed E-state index contributed by atoms with van der Waals surface area (Å²) in [6.45, 7) is 1.39. The Hall–Kier alpha value is -2.87. The Kier molecular flexibility index (Phi) is 5.99. The van der Waals surface area contributed by atoms with Crippen LogP contribution >= 0.6 is 0 Å². The molecule has 2 aromatic carbocycles. The van der Waals surface area contributed by atoms with Crippen molar-refractivity contribution in [2.24, 2.45) is 0 Å². The molecule has 0 saturated heterocycles. The van der Waals surface area contributed by atoms with Gasteiger partial charge in [0.05, 0.1) is 18.6 Å². The van der Waals surface area contributed by atoms with Crippen molar-refractivity contribution >= 4 is 33.0 Å². The molecule has 2 amide bonds. The molecule has 0 atom stereocenters. The number of benzene rings is 2. The van der Waals surface area contributed by atoms with Crippen LogP contribution in [0.5, 0.6) is 5.75 Å². The van der Waals surface area contributed by atoms with Gasteiger partial charge in [-0.05, 0) is 35.9 Å². The molecular formula is C18H20N2O5S. The highest BCUT2D eigenvalue weighted by Gasteiger charge is 2.12. The largest absolute Gasteiger partial charge is 0.495 e. The van der Waals surface area contributed by atoms with Crippen LogP contribution in [0.3, 0.4) is 0 Å². The molecule has 0 heterocycles. The Labute approximate surface area is 152 Å². The van der Waals surface area contributed by atoms with Gasteiger partial charge in [-0.15, -0.1) is 0 Å². The fourth-order valence-electron chi connectivity index (χ4n) is 2.34. The summed E-state index contributed by atoms with van der Waals surface area (Å²) in [4.78, 5) is 23.6. The number of methoxy groups -OCH3 is 1. The van der Waals surface area contributed by atoms with E-state index in [9.17, 15) is 18.0 Å². The van der Waals surface area contributed by atoms with Crippen molar-refractivity contribution in [3.63, 3.8) is 0 Å². The van der Waals surface area contributed by atoms with E-state index in [1.807, 2.05) is 0 Å². The van der Waals surface area contributed by atoms with Gasteiger partial charge in [0.15, 0.2) is 9.84 Å². The predicted octanol–water partition coefficient (Wildman–Crippen LogP) is 2.45. The molecule has 0 spiro atoms. The van der Waals surface area contributed by atoms with Crippen molar-refractivity contribution in [3.8, 4) is 5.75 Å². The lowest BCUT2D eigenvalue weighted by molar-refractivity contribution is -0.114. The minimum Gasteiger partial charge on any atom is -0.495 e. The van der Waals surface area contributed by atoms with Gasteiger partial charge < -0.3 is 15.4 Å². The molecule has 0 fully saturated rings. The van der Waals surface area contributed by atoms with Crippen LogP contribution in [0.2, 0.25) is 0 Å². The predicted molar refractivity (Wildman–Crippen MR) is 100 cm³/mol. The molecule has 0 aliphatic carbocycles.